The number of primary amides is 2. The largest absolute Gasteiger partial charge is 0.453 e. The molecule has 17 nitrogen and oxygen atoms in total. The molecule has 3 aromatic carbocycles. The number of aliphatic hydroxyl groups is 2. The number of ether oxygens (including phenoxy) is 2. The summed E-state index contributed by atoms with van der Waals surface area (Å²) in [6.07, 6.45) is -2.96. The van der Waals surface area contributed by atoms with Crippen LogP contribution in [0.2, 0.25) is 0 Å². The molecule has 3 aromatic rings. The van der Waals surface area contributed by atoms with Gasteiger partial charge < -0.3 is 56.5 Å². The Balaban J connectivity index is 1.40. The highest BCUT2D eigenvalue weighted by Crippen LogP contribution is 2.41. The predicted molar refractivity (Wildman–Crippen MR) is 215 cm³/mol. The van der Waals surface area contributed by atoms with Gasteiger partial charge in [-0.05, 0) is 73.9 Å². The van der Waals surface area contributed by atoms with Gasteiger partial charge in [0.2, 0.25) is 23.6 Å². The smallest absolute Gasteiger partial charge is 0.407 e. The lowest BCUT2D eigenvalue weighted by Gasteiger charge is -2.39. The summed E-state index contributed by atoms with van der Waals surface area (Å²) in [5.74, 6) is -2.81. The zero-order chi connectivity index (χ0) is 43.1. The van der Waals surface area contributed by atoms with Gasteiger partial charge in [-0.1, -0.05) is 66.7 Å². The molecule has 2 saturated heterocycles. The molecular formula is C42H53N7O10. The average molecular weight is 816 g/mol. The number of benzene rings is 3. The van der Waals surface area contributed by atoms with Crippen molar-refractivity contribution in [3.63, 3.8) is 0 Å². The van der Waals surface area contributed by atoms with Crippen LogP contribution in [0.25, 0.3) is 0 Å². The molecule has 5 rings (SSSR count). The molecule has 6 atom stereocenters. The lowest BCUT2D eigenvalue weighted by Crippen LogP contribution is -2.60. The van der Waals surface area contributed by atoms with Crippen molar-refractivity contribution in [2.45, 2.75) is 88.0 Å². The van der Waals surface area contributed by atoms with E-state index in [4.69, 9.17) is 11.5 Å². The van der Waals surface area contributed by atoms with E-state index in [2.05, 4.69) is 25.0 Å². The molecular weight excluding hydrogens is 763 g/mol. The molecule has 2 heterocycles. The molecule has 0 radical (unpaired) electrons. The Morgan fingerprint density at radius 1 is 0.661 bits per heavy atom. The second-order valence-corrected chi connectivity index (χ2v) is 14.9. The summed E-state index contributed by atoms with van der Waals surface area (Å²) in [6, 6.07) is 21.4. The van der Waals surface area contributed by atoms with Crippen molar-refractivity contribution in [2.75, 3.05) is 32.2 Å². The van der Waals surface area contributed by atoms with Crippen molar-refractivity contribution in [2.24, 2.45) is 11.5 Å². The lowest BCUT2D eigenvalue weighted by atomic mass is 9.85. The molecule has 0 unspecified atom stereocenters. The molecule has 59 heavy (non-hydrogen) atoms. The number of hydrogen-bond acceptors (Lipinski definition) is 11. The third-order valence-corrected chi connectivity index (χ3v) is 11.3. The number of para-hydroxylation sites is 1. The number of carbonyl (C=O) groups excluding carboxylic acids is 6. The Bertz CT molecular complexity index is 1870. The Morgan fingerprint density at radius 2 is 1.03 bits per heavy atom. The standard InChI is InChI=1S/C42H53N7O10/c1-26(50)33(45-39(56)58-3)35(52)48-22-8-20-41(48,37(43)54)30-16-12-28(13-17-30)24-47(32-10-6-5-7-11-32)25-29-14-18-31(19-15-29)42(38(44)55)21-9-23-49(42)36(53)34(27(2)51)46-40(57)59-4/h5-7,10-19,26-27,33-34,50-51H,8-9,20-25H2,1-4H3,(H2,43,54)(H2,44,55)(H,45,56)(H,46,57)/t26-,27-,33+,34+,41+,42+/m1/s1. The van der Waals surface area contributed by atoms with Crippen molar-refractivity contribution >= 4 is 41.5 Å². The lowest BCUT2D eigenvalue weighted by molar-refractivity contribution is -0.147. The Morgan fingerprint density at radius 3 is 1.36 bits per heavy atom. The quantitative estimate of drug-likeness (QED) is 0.129. The fourth-order valence-electron chi connectivity index (χ4n) is 8.21. The summed E-state index contributed by atoms with van der Waals surface area (Å²) < 4.78 is 9.28. The van der Waals surface area contributed by atoms with Crippen molar-refractivity contribution in [3.8, 4) is 0 Å². The first-order valence-electron chi connectivity index (χ1n) is 19.4. The van der Waals surface area contributed by atoms with Gasteiger partial charge in [-0.2, -0.15) is 0 Å². The Hall–Kier alpha value is -6.20. The molecule has 0 saturated carbocycles. The van der Waals surface area contributed by atoms with Crippen LogP contribution in [0.15, 0.2) is 78.9 Å². The van der Waals surface area contributed by atoms with Crippen LogP contribution >= 0.6 is 0 Å². The monoisotopic (exact) mass is 815 g/mol. The first-order chi connectivity index (χ1) is 28.1. The van der Waals surface area contributed by atoms with Crippen LogP contribution in [-0.4, -0.2) is 107 Å². The number of hydrogen-bond donors (Lipinski definition) is 6. The van der Waals surface area contributed by atoms with Crippen molar-refractivity contribution < 1.29 is 48.5 Å². The number of methoxy groups -OCH3 is 2. The predicted octanol–water partition coefficient (Wildman–Crippen LogP) is 1.71. The van der Waals surface area contributed by atoms with Gasteiger partial charge in [0.25, 0.3) is 0 Å². The fraction of sp³-hybridized carbons (Fsp3) is 0.429. The number of carbonyl (C=O) groups is 6. The summed E-state index contributed by atoms with van der Waals surface area (Å²) in [6.45, 7) is 3.92. The van der Waals surface area contributed by atoms with Gasteiger partial charge >= 0.3 is 12.2 Å². The topological polar surface area (TPSA) is 247 Å². The average Bonchev–Trinajstić information content (AvgIpc) is 3.89. The molecule has 2 aliphatic rings. The fourth-order valence-corrected chi connectivity index (χ4v) is 8.21. The molecule has 0 bridgehead atoms. The molecule has 17 heteroatoms. The maximum atomic E-state index is 13.8. The molecule has 8 N–H and O–H groups in total. The van der Waals surface area contributed by atoms with Crippen molar-refractivity contribution in [1.29, 1.82) is 0 Å². The third kappa shape index (κ3) is 8.95. The highest BCUT2D eigenvalue weighted by Gasteiger charge is 2.53. The molecule has 316 valence electrons. The summed E-state index contributed by atoms with van der Waals surface area (Å²) >= 11 is 0. The third-order valence-electron chi connectivity index (χ3n) is 11.3. The number of nitrogens with one attached hydrogen (secondary N) is 2. The summed E-state index contributed by atoms with van der Waals surface area (Å²) in [5.41, 5.74) is 12.7. The summed E-state index contributed by atoms with van der Waals surface area (Å²) in [4.78, 5) is 82.9. The van der Waals surface area contributed by atoms with E-state index in [0.717, 1.165) is 31.0 Å². The minimum Gasteiger partial charge on any atom is -0.453 e. The molecule has 0 aromatic heterocycles. The molecule has 0 aliphatic carbocycles. The number of alkyl carbamates (subject to hydrolysis) is 2. The summed E-state index contributed by atoms with van der Waals surface area (Å²) in [7, 11) is 2.28. The van der Waals surface area contributed by atoms with Gasteiger partial charge in [-0.15, -0.1) is 0 Å². The second-order valence-electron chi connectivity index (χ2n) is 14.9. The van der Waals surface area contributed by atoms with Gasteiger partial charge in [0.1, 0.15) is 23.2 Å². The minimum atomic E-state index is -1.52. The SMILES string of the molecule is COC(=O)N[C@H](C(=O)N1CCC[C@@]1(C(N)=O)c1ccc(CN(Cc2ccc([C@]3(C(N)=O)CCCN3C(=O)[C@@H](NC(=O)OC)[C@@H](C)O)cc2)c2ccccc2)cc1)[C@@H](C)O. The maximum absolute atomic E-state index is 13.8. The van der Waals surface area contributed by atoms with E-state index in [-0.39, 0.29) is 25.9 Å². The first-order valence-corrected chi connectivity index (χ1v) is 19.4. The number of anilines is 1. The number of likely N-dealkylation sites (tertiary alicyclic amines) is 2. The Labute approximate surface area is 342 Å². The molecule has 0 spiro atoms. The van der Waals surface area contributed by atoms with E-state index < -0.39 is 71.2 Å². The molecule has 2 fully saturated rings. The first kappa shape index (κ1) is 43.9. The van der Waals surface area contributed by atoms with E-state index in [0.29, 0.717) is 37.1 Å². The highest BCUT2D eigenvalue weighted by molar-refractivity contribution is 5.96. The van der Waals surface area contributed by atoms with Crippen molar-refractivity contribution in [3.05, 3.63) is 101 Å². The van der Waals surface area contributed by atoms with Gasteiger partial charge in [-0.25, -0.2) is 9.59 Å². The molecule has 2 aliphatic heterocycles. The maximum Gasteiger partial charge on any atom is 0.407 e. The van der Waals surface area contributed by atoms with Crippen LogP contribution in [0.1, 0.15) is 61.8 Å². The van der Waals surface area contributed by atoms with Gasteiger partial charge in [0.05, 0.1) is 26.4 Å². The van der Waals surface area contributed by atoms with E-state index in [1.807, 2.05) is 54.6 Å². The van der Waals surface area contributed by atoms with Gasteiger partial charge in [-0.3, -0.25) is 19.2 Å². The van der Waals surface area contributed by atoms with Crippen LogP contribution in [0.4, 0.5) is 15.3 Å². The van der Waals surface area contributed by atoms with E-state index >= 15 is 0 Å². The zero-order valence-electron chi connectivity index (χ0n) is 33.6. The van der Waals surface area contributed by atoms with Crippen LogP contribution in [0.5, 0.6) is 0 Å². The number of aliphatic hydroxyl groups excluding tert-OH is 2. The van der Waals surface area contributed by atoms with E-state index in [1.54, 1.807) is 24.3 Å². The number of nitrogens with zero attached hydrogens (tertiary/aromatic N) is 3. The van der Waals surface area contributed by atoms with Crippen LogP contribution < -0.4 is 27.0 Å². The molecule has 6 amide bonds. The van der Waals surface area contributed by atoms with Crippen LogP contribution in [0, 0.1) is 0 Å². The zero-order valence-corrected chi connectivity index (χ0v) is 33.6. The van der Waals surface area contributed by atoms with Gasteiger partial charge in [0.15, 0.2) is 0 Å². The highest BCUT2D eigenvalue weighted by atomic mass is 16.5. The number of nitrogens with two attached hydrogens (primary N) is 2. The second kappa shape index (κ2) is 18.6. The number of rotatable bonds is 15. The minimum absolute atomic E-state index is 0.181. The van der Waals surface area contributed by atoms with Crippen LogP contribution in [-0.2, 0) is 52.8 Å². The Kier molecular flexibility index (Phi) is 13.8. The van der Waals surface area contributed by atoms with E-state index in [9.17, 15) is 39.0 Å². The summed E-state index contributed by atoms with van der Waals surface area (Å²) in [5, 5.41) is 25.5. The van der Waals surface area contributed by atoms with Crippen LogP contribution in [0.3, 0.4) is 0 Å². The number of amides is 6. The normalized spacial score (nSPS) is 20.8. The van der Waals surface area contributed by atoms with Gasteiger partial charge in [0, 0.05) is 31.9 Å². The van der Waals surface area contributed by atoms with Crippen molar-refractivity contribution in [1.82, 2.24) is 20.4 Å². The van der Waals surface area contributed by atoms with E-state index in [1.165, 1.54) is 23.6 Å².